The zero-order chi connectivity index (χ0) is 25.1. The minimum Gasteiger partial charge on any atom is -0.309 e. The van der Waals surface area contributed by atoms with Crippen molar-refractivity contribution in [1.82, 2.24) is 14.9 Å². The molecule has 0 saturated heterocycles. The molecule has 0 fully saturated rings. The second kappa shape index (κ2) is 14.5. The summed E-state index contributed by atoms with van der Waals surface area (Å²) >= 11 is 6.42. The number of anilines is 1. The molecule has 1 amide bonds. The van der Waals surface area contributed by atoms with Crippen LogP contribution in [0.2, 0.25) is 5.02 Å². The number of nitrogens with zero attached hydrogens (tertiary/aromatic N) is 3. The van der Waals surface area contributed by atoms with Crippen LogP contribution in [0.3, 0.4) is 0 Å². The molecule has 0 spiro atoms. The maximum absolute atomic E-state index is 13.4. The van der Waals surface area contributed by atoms with E-state index in [4.69, 9.17) is 11.6 Å². The fraction of sp³-hybridized carbons (Fsp3) is 0.577. The van der Waals surface area contributed by atoms with Crippen LogP contribution in [0.4, 0.5) is 5.82 Å². The van der Waals surface area contributed by atoms with E-state index in [1.54, 1.807) is 30.8 Å². The summed E-state index contributed by atoms with van der Waals surface area (Å²) in [6.45, 7) is 5.35. The summed E-state index contributed by atoms with van der Waals surface area (Å²) in [4.78, 5) is 25.0. The zero-order valence-corrected chi connectivity index (χ0v) is 22.7. The summed E-state index contributed by atoms with van der Waals surface area (Å²) in [6.07, 6.45) is 11.9. The highest BCUT2D eigenvalue weighted by molar-refractivity contribution is 7.84. The van der Waals surface area contributed by atoms with Crippen molar-refractivity contribution < 1.29 is 9.00 Å². The number of halogens is 1. The number of hydrogen-bond donors (Lipinski definition) is 1. The van der Waals surface area contributed by atoms with Crippen LogP contribution in [-0.2, 0) is 22.0 Å². The average molecular weight is 507 g/mol. The van der Waals surface area contributed by atoms with Crippen LogP contribution in [0, 0.1) is 5.92 Å². The Kier molecular flexibility index (Phi) is 12.2. The number of amides is 1. The van der Waals surface area contributed by atoms with E-state index in [-0.39, 0.29) is 11.8 Å². The molecule has 1 aromatic carbocycles. The molecule has 3 unspecified atom stereocenters. The molecule has 3 atom stereocenters. The molecule has 2 rings (SSSR count). The normalized spacial score (nSPS) is 14.1. The van der Waals surface area contributed by atoms with Gasteiger partial charge >= 0.3 is 0 Å². The van der Waals surface area contributed by atoms with E-state index in [0.717, 1.165) is 62.7 Å². The van der Waals surface area contributed by atoms with Gasteiger partial charge in [-0.15, -0.1) is 0 Å². The predicted octanol–water partition coefficient (Wildman–Crippen LogP) is 5.69. The van der Waals surface area contributed by atoms with E-state index in [1.165, 1.54) is 0 Å². The maximum Gasteiger partial charge on any atom is 0.233 e. The highest BCUT2D eigenvalue weighted by atomic mass is 35.5. The van der Waals surface area contributed by atoms with Gasteiger partial charge in [0.15, 0.2) is 5.82 Å². The number of hydrogen-bond acceptors (Lipinski definition) is 5. The van der Waals surface area contributed by atoms with Crippen LogP contribution in [0.5, 0.6) is 0 Å². The van der Waals surface area contributed by atoms with Crippen molar-refractivity contribution in [3.63, 3.8) is 0 Å². The Bertz CT molecular complexity index is 937. The van der Waals surface area contributed by atoms with Crippen LogP contribution in [0.1, 0.15) is 69.5 Å². The summed E-state index contributed by atoms with van der Waals surface area (Å²) in [5, 5.41) is 3.39. The first-order chi connectivity index (χ1) is 16.2. The number of benzene rings is 1. The van der Waals surface area contributed by atoms with Crippen LogP contribution < -0.4 is 5.32 Å². The van der Waals surface area contributed by atoms with E-state index in [0.29, 0.717) is 21.7 Å². The topological polar surface area (TPSA) is 75.2 Å². The van der Waals surface area contributed by atoms with E-state index >= 15 is 0 Å². The average Bonchev–Trinajstić information content (AvgIpc) is 2.79. The van der Waals surface area contributed by atoms with E-state index < -0.39 is 10.8 Å². The fourth-order valence-electron chi connectivity index (χ4n) is 4.01. The molecule has 34 heavy (non-hydrogen) atoms. The number of nitrogens with one attached hydrogen (secondary N) is 1. The number of carbonyl (C=O) groups is 1. The van der Waals surface area contributed by atoms with Gasteiger partial charge in [-0.05, 0) is 63.5 Å². The lowest BCUT2D eigenvalue weighted by molar-refractivity contribution is -0.118. The predicted molar refractivity (Wildman–Crippen MR) is 142 cm³/mol. The Morgan fingerprint density at radius 1 is 1.18 bits per heavy atom. The van der Waals surface area contributed by atoms with E-state index in [9.17, 15) is 9.00 Å². The minimum absolute atomic E-state index is 0.119. The lowest BCUT2D eigenvalue weighted by Crippen LogP contribution is -2.24. The van der Waals surface area contributed by atoms with Crippen LogP contribution in [-0.4, -0.2) is 51.9 Å². The van der Waals surface area contributed by atoms with E-state index in [1.807, 2.05) is 6.07 Å². The first-order valence-electron chi connectivity index (χ1n) is 12.1. The lowest BCUT2D eigenvalue weighted by atomic mass is 9.84. The van der Waals surface area contributed by atoms with E-state index in [2.05, 4.69) is 48.1 Å². The van der Waals surface area contributed by atoms with Gasteiger partial charge in [0.2, 0.25) is 5.91 Å². The Labute approximate surface area is 212 Å². The standard InChI is InChI=1S/C26H39ClN4O2S/c1-6-8-10-19(7-2)15-22(20-12-13-24(34(5)33)23(27)16-20)26(32)30-25-18-28-21(17-29-25)11-9-14-31(3)4/h12-13,16-19,22H,6-11,14-15H2,1-5H3,(H,29,30,32). The molecule has 0 aliphatic rings. The van der Waals surface area contributed by atoms with Gasteiger partial charge < -0.3 is 10.2 Å². The highest BCUT2D eigenvalue weighted by Crippen LogP contribution is 2.32. The summed E-state index contributed by atoms with van der Waals surface area (Å²) in [5.41, 5.74) is 1.75. The fourth-order valence-corrected chi connectivity index (χ4v) is 5.12. The highest BCUT2D eigenvalue weighted by Gasteiger charge is 2.25. The monoisotopic (exact) mass is 506 g/mol. The van der Waals surface area contributed by atoms with Crippen LogP contribution in [0.15, 0.2) is 35.5 Å². The molecule has 188 valence electrons. The molecule has 8 heteroatoms. The molecular formula is C26H39ClN4O2S. The SMILES string of the molecule is CCCCC(CC)CC(C(=O)Nc1cnc(CCCN(C)C)cn1)c1ccc(S(C)=O)c(Cl)c1. The smallest absolute Gasteiger partial charge is 0.233 e. The van der Waals surface area contributed by atoms with Crippen molar-refractivity contribution in [3.05, 3.63) is 46.9 Å². The third-order valence-electron chi connectivity index (χ3n) is 6.09. The first-order valence-corrected chi connectivity index (χ1v) is 14.1. The summed E-state index contributed by atoms with van der Waals surface area (Å²) in [6, 6.07) is 5.43. The maximum atomic E-state index is 13.4. The molecule has 1 N–H and O–H groups in total. The second-order valence-corrected chi connectivity index (χ2v) is 10.9. The van der Waals surface area contributed by atoms with Crippen molar-refractivity contribution in [3.8, 4) is 0 Å². The quantitative estimate of drug-likeness (QED) is 0.356. The molecule has 0 aliphatic carbocycles. The minimum atomic E-state index is -1.18. The van der Waals surface area contributed by atoms with Gasteiger partial charge in [0.25, 0.3) is 0 Å². The Hall–Kier alpha value is -1.83. The van der Waals surface area contributed by atoms with Crippen molar-refractivity contribution in [2.45, 2.75) is 69.6 Å². The van der Waals surface area contributed by atoms with Crippen LogP contribution in [0.25, 0.3) is 0 Å². The molecule has 1 aromatic heterocycles. The molecule has 0 saturated carbocycles. The van der Waals surface area contributed by atoms with Gasteiger partial charge in [0.1, 0.15) is 0 Å². The Morgan fingerprint density at radius 2 is 1.94 bits per heavy atom. The van der Waals surface area contributed by atoms with Gasteiger partial charge in [-0.1, -0.05) is 57.2 Å². The van der Waals surface area contributed by atoms with Crippen molar-refractivity contribution in [2.24, 2.45) is 5.92 Å². The van der Waals surface area contributed by atoms with Crippen molar-refractivity contribution >= 4 is 34.1 Å². The molecule has 0 aliphatic heterocycles. The number of aromatic nitrogens is 2. The van der Waals surface area contributed by atoms with Crippen LogP contribution >= 0.6 is 11.6 Å². The lowest BCUT2D eigenvalue weighted by Gasteiger charge is -2.23. The molecule has 6 nitrogen and oxygen atoms in total. The molecule has 1 heterocycles. The van der Waals surface area contributed by atoms with Crippen molar-refractivity contribution in [1.29, 1.82) is 0 Å². The first kappa shape index (κ1) is 28.4. The second-order valence-electron chi connectivity index (χ2n) is 9.14. The Morgan fingerprint density at radius 3 is 2.50 bits per heavy atom. The number of aryl methyl sites for hydroxylation is 1. The molecule has 0 radical (unpaired) electrons. The summed E-state index contributed by atoms with van der Waals surface area (Å²) in [7, 11) is 2.92. The number of rotatable bonds is 14. The van der Waals surface area contributed by atoms with Gasteiger partial charge in [0.05, 0.1) is 44.7 Å². The number of carbonyl (C=O) groups excluding carboxylic acids is 1. The zero-order valence-electron chi connectivity index (χ0n) is 21.1. The molecule has 2 aromatic rings. The van der Waals surface area contributed by atoms with Gasteiger partial charge in [-0.2, -0.15) is 0 Å². The van der Waals surface area contributed by atoms with Gasteiger partial charge in [-0.3, -0.25) is 14.0 Å². The third-order valence-corrected chi connectivity index (χ3v) is 7.49. The van der Waals surface area contributed by atoms with Gasteiger partial charge in [0, 0.05) is 6.26 Å². The molecular weight excluding hydrogens is 468 g/mol. The Balaban J connectivity index is 2.20. The van der Waals surface area contributed by atoms with Gasteiger partial charge in [-0.25, -0.2) is 4.98 Å². The summed E-state index contributed by atoms with van der Waals surface area (Å²) < 4.78 is 11.9. The third kappa shape index (κ3) is 9.08. The largest absolute Gasteiger partial charge is 0.309 e. The number of unbranched alkanes of at least 4 members (excludes halogenated alkanes) is 1. The summed E-state index contributed by atoms with van der Waals surface area (Å²) in [5.74, 6) is 0.385. The van der Waals surface area contributed by atoms with Crippen molar-refractivity contribution in [2.75, 3.05) is 32.2 Å². The molecule has 0 bridgehead atoms.